The molecule has 0 radical (unpaired) electrons. The highest BCUT2D eigenvalue weighted by Gasteiger charge is 2.29. The van der Waals surface area contributed by atoms with E-state index in [9.17, 15) is 18.0 Å². The quantitative estimate of drug-likeness (QED) is 0.623. The third-order valence-corrected chi connectivity index (χ3v) is 7.51. The third kappa shape index (κ3) is 4.07. The number of benzene rings is 1. The molecule has 0 unspecified atom stereocenters. The number of hydrogen-bond donors (Lipinski definition) is 0. The minimum Gasteiger partial charge on any atom is -0.468 e. The van der Waals surface area contributed by atoms with Crippen LogP contribution in [0.15, 0.2) is 17.1 Å². The van der Waals surface area contributed by atoms with Crippen molar-refractivity contribution in [2.45, 2.75) is 19.4 Å². The van der Waals surface area contributed by atoms with Gasteiger partial charge in [0.1, 0.15) is 6.54 Å². The van der Waals surface area contributed by atoms with Crippen LogP contribution in [0.1, 0.15) is 12.8 Å². The lowest BCUT2D eigenvalue weighted by Gasteiger charge is -2.28. The Morgan fingerprint density at radius 3 is 2.53 bits per heavy atom. The van der Waals surface area contributed by atoms with Crippen LogP contribution in [0.4, 0.5) is 0 Å². The van der Waals surface area contributed by atoms with Gasteiger partial charge >= 0.3 is 5.97 Å². The van der Waals surface area contributed by atoms with Gasteiger partial charge in [-0.15, -0.1) is 0 Å². The second-order valence-electron chi connectivity index (χ2n) is 7.11. The van der Waals surface area contributed by atoms with E-state index in [0.29, 0.717) is 47.7 Å². The van der Waals surface area contributed by atoms with E-state index in [1.54, 1.807) is 16.7 Å². The molecule has 2 aliphatic heterocycles. The van der Waals surface area contributed by atoms with E-state index < -0.39 is 16.0 Å². The molecule has 0 aliphatic carbocycles. The Bertz CT molecular complexity index is 1170. The van der Waals surface area contributed by atoms with E-state index in [2.05, 4.69) is 4.99 Å². The number of thiazole rings is 1. The maximum Gasteiger partial charge on any atom is 0.325 e. The van der Waals surface area contributed by atoms with Gasteiger partial charge in [0, 0.05) is 31.1 Å². The van der Waals surface area contributed by atoms with Crippen LogP contribution in [0.2, 0.25) is 0 Å². The number of aromatic nitrogens is 1. The van der Waals surface area contributed by atoms with Crippen LogP contribution in [-0.4, -0.2) is 62.4 Å². The van der Waals surface area contributed by atoms with Crippen LogP contribution in [-0.2, 0) is 30.9 Å². The average molecular weight is 456 g/mol. The number of ether oxygens (including phenoxy) is 3. The first-order valence-corrected chi connectivity index (χ1v) is 12.0. The van der Waals surface area contributed by atoms with Gasteiger partial charge in [0.15, 0.2) is 16.3 Å². The van der Waals surface area contributed by atoms with E-state index in [0.717, 1.165) is 11.0 Å². The number of hydrogen-bond acceptors (Lipinski definition) is 8. The topological polar surface area (TPSA) is 116 Å². The third-order valence-electron chi connectivity index (χ3n) is 5.17. The Hall–Kier alpha value is -2.44. The first kappa shape index (κ1) is 20.8. The van der Waals surface area contributed by atoms with Crippen molar-refractivity contribution in [3.8, 4) is 11.5 Å². The van der Waals surface area contributed by atoms with Gasteiger partial charge in [0.2, 0.25) is 16.8 Å². The fourth-order valence-corrected chi connectivity index (χ4v) is 5.43. The van der Waals surface area contributed by atoms with Gasteiger partial charge in [-0.3, -0.25) is 9.59 Å². The SMILES string of the molecule is COC(=O)Cn1c(=NC(=O)C2CCN(S(C)(=O)=O)CC2)sc2cc3c(cc21)OCO3. The van der Waals surface area contributed by atoms with Crippen molar-refractivity contribution < 1.29 is 32.2 Å². The molecule has 1 fully saturated rings. The van der Waals surface area contributed by atoms with E-state index in [-0.39, 0.29) is 25.2 Å². The Balaban J connectivity index is 1.67. The molecule has 0 bridgehead atoms. The normalized spacial score (nSPS) is 18.1. The van der Waals surface area contributed by atoms with Crippen LogP contribution in [0.3, 0.4) is 0 Å². The molecule has 0 saturated carbocycles. The lowest BCUT2D eigenvalue weighted by molar-refractivity contribution is -0.141. The lowest BCUT2D eigenvalue weighted by atomic mass is 9.98. The molecule has 3 heterocycles. The van der Waals surface area contributed by atoms with Crippen LogP contribution in [0.25, 0.3) is 10.2 Å². The Kier molecular flexibility index (Phi) is 5.55. The molecule has 12 heteroatoms. The van der Waals surface area contributed by atoms with Crippen molar-refractivity contribution in [1.82, 2.24) is 8.87 Å². The average Bonchev–Trinajstić information content (AvgIpc) is 3.29. The number of fused-ring (bicyclic) bond motifs is 2. The number of carbonyl (C=O) groups excluding carboxylic acids is 2. The fourth-order valence-electron chi connectivity index (χ4n) is 3.51. The highest BCUT2D eigenvalue weighted by molar-refractivity contribution is 7.88. The number of nitrogens with zero attached hydrogens (tertiary/aromatic N) is 3. The molecule has 1 saturated heterocycles. The molecule has 0 atom stereocenters. The molecule has 1 aromatic heterocycles. The maximum absolute atomic E-state index is 12.8. The molecule has 0 spiro atoms. The lowest BCUT2D eigenvalue weighted by Crippen LogP contribution is -2.39. The zero-order valence-corrected chi connectivity index (χ0v) is 18.1. The van der Waals surface area contributed by atoms with E-state index in [1.807, 2.05) is 0 Å². The van der Waals surface area contributed by atoms with E-state index in [1.165, 1.54) is 22.8 Å². The molecule has 2 aliphatic rings. The van der Waals surface area contributed by atoms with Gasteiger partial charge in [-0.05, 0) is 12.8 Å². The summed E-state index contributed by atoms with van der Waals surface area (Å²) < 4.78 is 42.7. The van der Waals surface area contributed by atoms with Crippen LogP contribution < -0.4 is 14.3 Å². The number of amides is 1. The molecule has 0 N–H and O–H groups in total. The van der Waals surface area contributed by atoms with Gasteiger partial charge in [-0.2, -0.15) is 4.99 Å². The molecule has 10 nitrogen and oxygen atoms in total. The standard InChI is InChI=1S/C18H21N3O7S2/c1-26-16(22)9-21-12-7-13-14(28-10-27-13)8-15(12)29-18(21)19-17(23)11-3-5-20(6-4-11)30(2,24)25/h7-8,11H,3-6,9-10H2,1-2H3. The minimum atomic E-state index is -3.27. The van der Waals surface area contributed by atoms with E-state index in [4.69, 9.17) is 14.2 Å². The number of piperidine rings is 1. The largest absolute Gasteiger partial charge is 0.468 e. The van der Waals surface area contributed by atoms with Gasteiger partial charge in [-0.1, -0.05) is 11.3 Å². The second kappa shape index (κ2) is 8.00. The summed E-state index contributed by atoms with van der Waals surface area (Å²) in [4.78, 5) is 29.4. The highest BCUT2D eigenvalue weighted by atomic mass is 32.2. The fraction of sp³-hybridized carbons (Fsp3) is 0.500. The summed E-state index contributed by atoms with van der Waals surface area (Å²) in [5, 5.41) is 0. The number of methoxy groups -OCH3 is 1. The summed E-state index contributed by atoms with van der Waals surface area (Å²) in [5.41, 5.74) is 0.688. The molecular formula is C18H21N3O7S2. The number of esters is 1. The summed E-state index contributed by atoms with van der Waals surface area (Å²) in [6.07, 6.45) is 1.98. The summed E-state index contributed by atoms with van der Waals surface area (Å²) in [6, 6.07) is 3.55. The van der Waals surface area contributed by atoms with Crippen LogP contribution in [0, 0.1) is 5.92 Å². The van der Waals surface area contributed by atoms with Crippen LogP contribution >= 0.6 is 11.3 Å². The van der Waals surface area contributed by atoms with Gasteiger partial charge in [0.05, 0.1) is 23.6 Å². The molecule has 4 rings (SSSR count). The number of sulfonamides is 1. The first-order valence-electron chi connectivity index (χ1n) is 9.30. The van der Waals surface area contributed by atoms with Gasteiger partial charge in [-0.25, -0.2) is 12.7 Å². The zero-order valence-electron chi connectivity index (χ0n) is 16.5. The maximum atomic E-state index is 12.8. The van der Waals surface area contributed by atoms with Crippen LogP contribution in [0.5, 0.6) is 11.5 Å². The first-order chi connectivity index (χ1) is 14.3. The predicted molar refractivity (Wildman–Crippen MR) is 108 cm³/mol. The summed E-state index contributed by atoms with van der Waals surface area (Å²) in [6.45, 7) is 0.613. The number of carbonyl (C=O) groups is 2. The zero-order chi connectivity index (χ0) is 21.5. The Morgan fingerprint density at radius 1 is 1.23 bits per heavy atom. The van der Waals surface area contributed by atoms with E-state index >= 15 is 0 Å². The van der Waals surface area contributed by atoms with Crippen molar-refractivity contribution in [3.05, 3.63) is 16.9 Å². The van der Waals surface area contributed by atoms with Gasteiger partial charge < -0.3 is 18.8 Å². The Labute approximate surface area is 176 Å². The summed E-state index contributed by atoms with van der Waals surface area (Å²) >= 11 is 1.27. The smallest absolute Gasteiger partial charge is 0.325 e. The molecule has 2 aromatic rings. The molecule has 1 amide bonds. The van der Waals surface area contributed by atoms with Gasteiger partial charge in [0.25, 0.3) is 5.91 Å². The second-order valence-corrected chi connectivity index (χ2v) is 10.1. The van der Waals surface area contributed by atoms with Crippen molar-refractivity contribution in [3.63, 3.8) is 0 Å². The molecular weight excluding hydrogens is 434 g/mol. The van der Waals surface area contributed by atoms with Crippen molar-refractivity contribution in [2.24, 2.45) is 10.9 Å². The molecule has 162 valence electrons. The van der Waals surface area contributed by atoms with Crippen molar-refractivity contribution in [1.29, 1.82) is 0 Å². The summed E-state index contributed by atoms with van der Waals surface area (Å²) in [5.74, 6) is -0.00233. The molecule has 1 aromatic carbocycles. The highest BCUT2D eigenvalue weighted by Crippen LogP contribution is 2.37. The van der Waals surface area contributed by atoms with Crippen molar-refractivity contribution >= 4 is 43.5 Å². The Morgan fingerprint density at radius 2 is 1.90 bits per heavy atom. The predicted octanol–water partition coefficient (Wildman–Crippen LogP) is 0.703. The molecule has 30 heavy (non-hydrogen) atoms. The summed E-state index contributed by atoms with van der Waals surface area (Å²) in [7, 11) is -1.97. The minimum absolute atomic E-state index is 0.102. The number of rotatable bonds is 4. The van der Waals surface area contributed by atoms with Crippen molar-refractivity contribution in [2.75, 3.05) is 33.2 Å². The monoisotopic (exact) mass is 455 g/mol.